The summed E-state index contributed by atoms with van der Waals surface area (Å²) in [7, 11) is 1.99. The molecule has 4 nitrogen and oxygen atoms in total. The molecule has 0 bridgehead atoms. The van der Waals surface area contributed by atoms with Crippen molar-refractivity contribution in [3.8, 4) is 0 Å². The van der Waals surface area contributed by atoms with Gasteiger partial charge in [0.15, 0.2) is 0 Å². The molecule has 2 heterocycles. The molecule has 16 heavy (non-hydrogen) atoms. The second kappa shape index (κ2) is 5.21. The van der Waals surface area contributed by atoms with Gasteiger partial charge in [-0.15, -0.1) is 0 Å². The van der Waals surface area contributed by atoms with Crippen LogP contribution in [0.1, 0.15) is 12.0 Å². The van der Waals surface area contributed by atoms with Crippen LogP contribution in [0.15, 0.2) is 6.33 Å². The average Bonchev–Trinajstić information content (AvgIpc) is 2.81. The van der Waals surface area contributed by atoms with Crippen LogP contribution in [-0.2, 0) is 6.61 Å². The Balaban J connectivity index is 2.27. The Morgan fingerprint density at radius 1 is 1.62 bits per heavy atom. The number of nitrogens with zero attached hydrogens (tertiary/aromatic N) is 3. The Hall–Kier alpha value is -0.520. The summed E-state index contributed by atoms with van der Waals surface area (Å²) >= 11 is 7.88. The first-order valence-corrected chi connectivity index (χ1v) is 6.68. The van der Waals surface area contributed by atoms with Crippen LogP contribution in [0, 0.1) is 0 Å². The molecule has 1 unspecified atom stereocenters. The van der Waals surface area contributed by atoms with Crippen molar-refractivity contribution in [1.29, 1.82) is 0 Å². The van der Waals surface area contributed by atoms with Crippen molar-refractivity contribution >= 4 is 29.2 Å². The summed E-state index contributed by atoms with van der Waals surface area (Å²) in [6, 6.07) is 0.473. The number of aliphatic hydroxyl groups is 1. The number of thioether (sulfide) groups is 1. The number of halogens is 1. The van der Waals surface area contributed by atoms with Crippen LogP contribution in [0.2, 0.25) is 5.15 Å². The maximum atomic E-state index is 9.29. The van der Waals surface area contributed by atoms with E-state index in [1.165, 1.54) is 12.1 Å². The van der Waals surface area contributed by atoms with Gasteiger partial charge in [0.25, 0.3) is 0 Å². The first-order valence-electron chi connectivity index (χ1n) is 5.15. The molecule has 0 aromatic carbocycles. The van der Waals surface area contributed by atoms with E-state index < -0.39 is 0 Å². The van der Waals surface area contributed by atoms with Crippen molar-refractivity contribution in [3.63, 3.8) is 0 Å². The number of anilines is 1. The van der Waals surface area contributed by atoms with E-state index in [0.29, 0.717) is 16.8 Å². The highest BCUT2D eigenvalue weighted by atomic mass is 35.5. The molecule has 0 saturated carbocycles. The summed E-state index contributed by atoms with van der Waals surface area (Å²) in [5.74, 6) is 3.03. The van der Waals surface area contributed by atoms with Crippen LogP contribution in [0.25, 0.3) is 0 Å². The zero-order valence-corrected chi connectivity index (χ0v) is 10.6. The van der Waals surface area contributed by atoms with E-state index in [0.717, 1.165) is 18.0 Å². The van der Waals surface area contributed by atoms with E-state index in [1.54, 1.807) is 0 Å². The Kier molecular flexibility index (Phi) is 3.89. The lowest BCUT2D eigenvalue weighted by Crippen LogP contribution is -2.33. The lowest BCUT2D eigenvalue weighted by atomic mass is 10.2. The number of hydrogen-bond donors (Lipinski definition) is 1. The lowest BCUT2D eigenvalue weighted by Gasteiger charge is -2.26. The second-order valence-electron chi connectivity index (χ2n) is 3.75. The van der Waals surface area contributed by atoms with Crippen molar-refractivity contribution in [2.24, 2.45) is 0 Å². The summed E-state index contributed by atoms with van der Waals surface area (Å²) in [5, 5.41) is 9.63. The lowest BCUT2D eigenvalue weighted by molar-refractivity contribution is 0.281. The van der Waals surface area contributed by atoms with Crippen molar-refractivity contribution < 1.29 is 5.11 Å². The second-order valence-corrected chi connectivity index (χ2v) is 5.26. The molecule has 1 aromatic rings. The normalized spacial score (nSPS) is 20.1. The van der Waals surface area contributed by atoms with Gasteiger partial charge in [-0.1, -0.05) is 11.6 Å². The van der Waals surface area contributed by atoms with Crippen LogP contribution in [0.5, 0.6) is 0 Å². The SMILES string of the molecule is CN(c1ncnc(Cl)c1CO)C1CCSC1. The smallest absolute Gasteiger partial charge is 0.140 e. The summed E-state index contributed by atoms with van der Waals surface area (Å²) in [6.45, 7) is -0.126. The zero-order valence-electron chi connectivity index (χ0n) is 9.06. The minimum atomic E-state index is -0.126. The third-order valence-corrected chi connectivity index (χ3v) is 4.29. The fraction of sp³-hybridized carbons (Fsp3) is 0.600. The van der Waals surface area contributed by atoms with Crippen LogP contribution in [-0.4, -0.2) is 39.7 Å². The van der Waals surface area contributed by atoms with Crippen LogP contribution < -0.4 is 4.90 Å². The van der Waals surface area contributed by atoms with Gasteiger partial charge in [0, 0.05) is 18.8 Å². The summed E-state index contributed by atoms with van der Waals surface area (Å²) < 4.78 is 0. The molecule has 0 spiro atoms. The Morgan fingerprint density at radius 3 is 3.06 bits per heavy atom. The first-order chi connectivity index (χ1) is 7.74. The highest BCUT2D eigenvalue weighted by Gasteiger charge is 2.23. The molecule has 1 fully saturated rings. The van der Waals surface area contributed by atoms with Crippen molar-refractivity contribution in [2.75, 3.05) is 23.5 Å². The van der Waals surface area contributed by atoms with Crippen LogP contribution >= 0.6 is 23.4 Å². The first kappa shape index (κ1) is 12.0. The third kappa shape index (κ3) is 2.26. The van der Waals surface area contributed by atoms with Gasteiger partial charge in [-0.25, -0.2) is 9.97 Å². The zero-order chi connectivity index (χ0) is 11.5. The number of hydrogen-bond acceptors (Lipinski definition) is 5. The van der Waals surface area contributed by atoms with E-state index >= 15 is 0 Å². The fourth-order valence-electron chi connectivity index (χ4n) is 1.82. The molecule has 1 atom stereocenters. The van der Waals surface area contributed by atoms with Crippen molar-refractivity contribution in [1.82, 2.24) is 9.97 Å². The Morgan fingerprint density at radius 2 is 2.44 bits per heavy atom. The number of aliphatic hydroxyl groups excluding tert-OH is 1. The molecule has 1 aliphatic rings. The monoisotopic (exact) mass is 259 g/mol. The summed E-state index contributed by atoms with van der Waals surface area (Å²) in [5.41, 5.74) is 0.614. The van der Waals surface area contributed by atoms with E-state index in [2.05, 4.69) is 14.9 Å². The number of rotatable bonds is 3. The topological polar surface area (TPSA) is 49.2 Å². The molecule has 6 heteroatoms. The minimum Gasteiger partial charge on any atom is -0.391 e. The molecule has 2 rings (SSSR count). The number of aromatic nitrogens is 2. The maximum absolute atomic E-state index is 9.29. The van der Waals surface area contributed by atoms with Gasteiger partial charge in [0.2, 0.25) is 0 Å². The summed E-state index contributed by atoms with van der Waals surface area (Å²) in [4.78, 5) is 10.2. The molecule has 1 aliphatic heterocycles. The van der Waals surface area contributed by atoms with E-state index in [-0.39, 0.29) is 6.61 Å². The van der Waals surface area contributed by atoms with Gasteiger partial charge in [-0.05, 0) is 12.2 Å². The van der Waals surface area contributed by atoms with Gasteiger partial charge in [-0.3, -0.25) is 0 Å². The molecule has 0 radical (unpaired) electrons. The Bertz CT molecular complexity index is 371. The minimum absolute atomic E-state index is 0.126. The predicted octanol–water partition coefficient (Wildman–Crippen LogP) is 1.56. The van der Waals surface area contributed by atoms with E-state index in [9.17, 15) is 5.11 Å². The van der Waals surface area contributed by atoms with Gasteiger partial charge < -0.3 is 10.0 Å². The quantitative estimate of drug-likeness (QED) is 0.835. The van der Waals surface area contributed by atoms with E-state index in [4.69, 9.17) is 11.6 Å². The highest BCUT2D eigenvalue weighted by molar-refractivity contribution is 7.99. The van der Waals surface area contributed by atoms with Gasteiger partial charge in [-0.2, -0.15) is 11.8 Å². The standard InChI is InChI=1S/C10H14ClN3OS/c1-14(7-2-3-16-5-7)10-8(4-15)9(11)12-6-13-10/h6-7,15H,2-5H2,1H3. The molecule has 1 N–H and O–H groups in total. The maximum Gasteiger partial charge on any atom is 0.140 e. The largest absolute Gasteiger partial charge is 0.391 e. The molecule has 0 amide bonds. The molecular weight excluding hydrogens is 246 g/mol. The third-order valence-electron chi connectivity index (χ3n) is 2.82. The van der Waals surface area contributed by atoms with E-state index in [1.807, 2.05) is 18.8 Å². The highest BCUT2D eigenvalue weighted by Crippen LogP contribution is 2.28. The van der Waals surface area contributed by atoms with Crippen LogP contribution in [0.3, 0.4) is 0 Å². The molecule has 1 aromatic heterocycles. The fourth-order valence-corrected chi connectivity index (χ4v) is 3.28. The van der Waals surface area contributed by atoms with Crippen LogP contribution in [0.4, 0.5) is 5.82 Å². The molecule has 0 aliphatic carbocycles. The van der Waals surface area contributed by atoms with Crippen molar-refractivity contribution in [2.45, 2.75) is 19.1 Å². The molecule has 88 valence electrons. The molecule has 1 saturated heterocycles. The predicted molar refractivity (Wildman–Crippen MR) is 67.1 cm³/mol. The summed E-state index contributed by atoms with van der Waals surface area (Å²) in [6.07, 6.45) is 2.59. The van der Waals surface area contributed by atoms with Crippen molar-refractivity contribution in [3.05, 3.63) is 17.0 Å². The Labute approximate surface area is 104 Å². The average molecular weight is 260 g/mol. The molecular formula is C10H14ClN3OS. The van der Waals surface area contributed by atoms with Gasteiger partial charge in [0.1, 0.15) is 17.3 Å². The van der Waals surface area contributed by atoms with Gasteiger partial charge in [0.05, 0.1) is 12.2 Å². The van der Waals surface area contributed by atoms with Gasteiger partial charge >= 0.3 is 0 Å².